The Bertz CT molecular complexity index is 519. The van der Waals surface area contributed by atoms with Gasteiger partial charge in [-0.3, -0.25) is 0 Å². The molecule has 0 spiro atoms. The van der Waals surface area contributed by atoms with Crippen molar-refractivity contribution in [1.29, 1.82) is 0 Å². The minimum atomic E-state index is 0.162. The van der Waals surface area contributed by atoms with Gasteiger partial charge in [0.1, 0.15) is 0 Å². The summed E-state index contributed by atoms with van der Waals surface area (Å²) in [5, 5.41) is 12.5. The van der Waals surface area contributed by atoms with E-state index in [1.54, 1.807) is 0 Å². The molecule has 112 valence electrons. The normalized spacial score (nSPS) is 12.6. The molecule has 0 radical (unpaired) electrons. The van der Waals surface area contributed by atoms with Crippen LogP contribution < -0.4 is 5.32 Å². The Labute approximate surface area is 127 Å². The number of rotatable bonds is 7. The Morgan fingerprint density at radius 3 is 2.10 bits per heavy atom. The molecule has 2 aromatic rings. The fraction of sp³-hybridized carbons (Fsp3) is 0.368. The molecule has 2 nitrogen and oxygen atoms in total. The van der Waals surface area contributed by atoms with Crippen molar-refractivity contribution in [1.82, 2.24) is 5.32 Å². The standard InChI is InChI=1S/C19H25NO/c1-15(2)17-8-10-18(11-9-17)19(20-12-13-21)14-16-6-4-3-5-7-16/h3-11,15,19-21H,12-14H2,1-2H3/t19-/m0/s1. The topological polar surface area (TPSA) is 32.3 Å². The van der Waals surface area contributed by atoms with Crippen LogP contribution in [0.15, 0.2) is 54.6 Å². The maximum Gasteiger partial charge on any atom is 0.0556 e. The zero-order chi connectivity index (χ0) is 15.1. The van der Waals surface area contributed by atoms with Crippen molar-refractivity contribution in [3.8, 4) is 0 Å². The van der Waals surface area contributed by atoms with E-state index in [0.29, 0.717) is 12.5 Å². The van der Waals surface area contributed by atoms with Gasteiger partial charge in [-0.15, -0.1) is 0 Å². The van der Waals surface area contributed by atoms with Gasteiger partial charge in [-0.1, -0.05) is 68.4 Å². The minimum Gasteiger partial charge on any atom is -0.395 e. The molecule has 0 bridgehead atoms. The van der Waals surface area contributed by atoms with E-state index in [0.717, 1.165) is 6.42 Å². The van der Waals surface area contributed by atoms with Crippen LogP contribution in [-0.4, -0.2) is 18.3 Å². The highest BCUT2D eigenvalue weighted by atomic mass is 16.3. The van der Waals surface area contributed by atoms with Crippen LogP contribution in [0.5, 0.6) is 0 Å². The number of benzene rings is 2. The maximum absolute atomic E-state index is 9.08. The van der Waals surface area contributed by atoms with Crippen LogP contribution in [0.3, 0.4) is 0 Å². The van der Waals surface area contributed by atoms with Crippen LogP contribution in [-0.2, 0) is 6.42 Å². The third-order valence-electron chi connectivity index (χ3n) is 3.79. The lowest BCUT2D eigenvalue weighted by atomic mass is 9.95. The summed E-state index contributed by atoms with van der Waals surface area (Å²) in [6, 6.07) is 19.5. The Morgan fingerprint density at radius 2 is 1.52 bits per heavy atom. The van der Waals surface area contributed by atoms with E-state index in [-0.39, 0.29) is 12.6 Å². The molecule has 0 aliphatic carbocycles. The molecule has 0 saturated carbocycles. The van der Waals surface area contributed by atoms with Gasteiger partial charge in [0.25, 0.3) is 0 Å². The molecule has 0 heterocycles. The average molecular weight is 283 g/mol. The van der Waals surface area contributed by atoms with Gasteiger partial charge in [0.15, 0.2) is 0 Å². The predicted octanol–water partition coefficient (Wildman–Crippen LogP) is 3.68. The second kappa shape index (κ2) is 7.96. The molecule has 0 amide bonds. The van der Waals surface area contributed by atoms with Crippen molar-refractivity contribution in [2.45, 2.75) is 32.2 Å². The quantitative estimate of drug-likeness (QED) is 0.812. The molecule has 21 heavy (non-hydrogen) atoms. The SMILES string of the molecule is CC(C)c1ccc([C@H](Cc2ccccc2)NCCO)cc1. The first kappa shape index (κ1) is 15.7. The molecule has 0 saturated heterocycles. The van der Waals surface area contributed by atoms with Crippen LogP contribution in [0, 0.1) is 0 Å². The molecular formula is C19H25NO. The first-order chi connectivity index (χ1) is 10.2. The first-order valence-electron chi connectivity index (χ1n) is 7.68. The lowest BCUT2D eigenvalue weighted by Crippen LogP contribution is -2.26. The van der Waals surface area contributed by atoms with Crippen molar-refractivity contribution in [2.75, 3.05) is 13.2 Å². The number of hydrogen-bond donors (Lipinski definition) is 2. The van der Waals surface area contributed by atoms with Crippen LogP contribution >= 0.6 is 0 Å². The number of aliphatic hydroxyl groups is 1. The van der Waals surface area contributed by atoms with Crippen LogP contribution in [0.4, 0.5) is 0 Å². The first-order valence-corrected chi connectivity index (χ1v) is 7.68. The number of hydrogen-bond acceptors (Lipinski definition) is 2. The Balaban J connectivity index is 2.14. The summed E-state index contributed by atoms with van der Waals surface area (Å²) in [7, 11) is 0. The fourth-order valence-electron chi connectivity index (χ4n) is 2.51. The molecule has 0 unspecified atom stereocenters. The van der Waals surface area contributed by atoms with Gasteiger partial charge >= 0.3 is 0 Å². The third-order valence-corrected chi connectivity index (χ3v) is 3.79. The second-order valence-electron chi connectivity index (χ2n) is 5.74. The molecule has 2 N–H and O–H groups in total. The van der Waals surface area contributed by atoms with Gasteiger partial charge in [-0.05, 0) is 29.0 Å². The van der Waals surface area contributed by atoms with E-state index < -0.39 is 0 Å². The number of aliphatic hydroxyl groups excluding tert-OH is 1. The lowest BCUT2D eigenvalue weighted by Gasteiger charge is -2.20. The predicted molar refractivity (Wildman–Crippen MR) is 88.5 cm³/mol. The molecule has 0 aliphatic heterocycles. The summed E-state index contributed by atoms with van der Waals surface area (Å²) in [6.45, 7) is 5.19. The van der Waals surface area contributed by atoms with Crippen molar-refractivity contribution in [3.63, 3.8) is 0 Å². The van der Waals surface area contributed by atoms with E-state index in [2.05, 4.69) is 67.7 Å². The van der Waals surface area contributed by atoms with Crippen molar-refractivity contribution >= 4 is 0 Å². The highest BCUT2D eigenvalue weighted by Gasteiger charge is 2.12. The number of nitrogens with one attached hydrogen (secondary N) is 1. The van der Waals surface area contributed by atoms with Crippen LogP contribution in [0.1, 0.15) is 42.5 Å². The molecule has 0 fully saturated rings. The van der Waals surface area contributed by atoms with Gasteiger partial charge in [-0.2, -0.15) is 0 Å². The Hall–Kier alpha value is -1.64. The van der Waals surface area contributed by atoms with Gasteiger partial charge < -0.3 is 10.4 Å². The van der Waals surface area contributed by atoms with Gasteiger partial charge in [0.05, 0.1) is 6.61 Å². The summed E-state index contributed by atoms with van der Waals surface area (Å²) in [5.74, 6) is 0.553. The average Bonchev–Trinajstić information content (AvgIpc) is 2.52. The summed E-state index contributed by atoms with van der Waals surface area (Å²) in [5.41, 5.74) is 3.94. The maximum atomic E-state index is 9.08. The summed E-state index contributed by atoms with van der Waals surface area (Å²) in [4.78, 5) is 0. The Kier molecular flexibility index (Phi) is 5.97. The highest BCUT2D eigenvalue weighted by Crippen LogP contribution is 2.21. The second-order valence-corrected chi connectivity index (χ2v) is 5.74. The van der Waals surface area contributed by atoms with Gasteiger partial charge in [0.2, 0.25) is 0 Å². The van der Waals surface area contributed by atoms with Gasteiger partial charge in [0, 0.05) is 12.6 Å². The molecule has 2 rings (SSSR count). The lowest BCUT2D eigenvalue weighted by molar-refractivity contribution is 0.284. The third kappa shape index (κ3) is 4.69. The molecule has 0 aliphatic rings. The largest absolute Gasteiger partial charge is 0.395 e. The van der Waals surface area contributed by atoms with Crippen LogP contribution in [0.25, 0.3) is 0 Å². The van der Waals surface area contributed by atoms with Crippen molar-refractivity contribution < 1.29 is 5.11 Å². The molecule has 1 atom stereocenters. The van der Waals surface area contributed by atoms with Crippen molar-refractivity contribution in [3.05, 3.63) is 71.3 Å². The fourth-order valence-corrected chi connectivity index (χ4v) is 2.51. The molecular weight excluding hydrogens is 258 g/mol. The van der Waals surface area contributed by atoms with E-state index in [4.69, 9.17) is 5.11 Å². The van der Waals surface area contributed by atoms with Crippen molar-refractivity contribution in [2.24, 2.45) is 0 Å². The van der Waals surface area contributed by atoms with Crippen LogP contribution in [0.2, 0.25) is 0 Å². The smallest absolute Gasteiger partial charge is 0.0556 e. The summed E-state index contributed by atoms with van der Waals surface area (Å²) < 4.78 is 0. The summed E-state index contributed by atoms with van der Waals surface area (Å²) >= 11 is 0. The summed E-state index contributed by atoms with van der Waals surface area (Å²) in [6.07, 6.45) is 0.932. The molecule has 2 aromatic carbocycles. The van der Waals surface area contributed by atoms with E-state index in [9.17, 15) is 0 Å². The Morgan fingerprint density at radius 1 is 0.905 bits per heavy atom. The van der Waals surface area contributed by atoms with E-state index in [1.807, 2.05) is 6.07 Å². The minimum absolute atomic E-state index is 0.162. The zero-order valence-electron chi connectivity index (χ0n) is 12.9. The monoisotopic (exact) mass is 283 g/mol. The highest BCUT2D eigenvalue weighted by molar-refractivity contribution is 5.28. The zero-order valence-corrected chi connectivity index (χ0v) is 12.9. The molecule has 2 heteroatoms. The van der Waals surface area contributed by atoms with E-state index in [1.165, 1.54) is 16.7 Å². The molecule has 0 aromatic heterocycles. The van der Waals surface area contributed by atoms with E-state index >= 15 is 0 Å². The van der Waals surface area contributed by atoms with Gasteiger partial charge in [-0.25, -0.2) is 0 Å².